The molecule has 0 aliphatic rings. The number of fused-ring (bicyclic) bond motifs is 1. The van der Waals surface area contributed by atoms with Crippen molar-refractivity contribution in [2.75, 3.05) is 0 Å². The van der Waals surface area contributed by atoms with Gasteiger partial charge >= 0.3 is 0 Å². The molecule has 2 aromatic carbocycles. The molecule has 1 heterocycles. The molecule has 0 bridgehead atoms. The fourth-order valence-corrected chi connectivity index (χ4v) is 2.36. The molecule has 0 atom stereocenters. The van der Waals surface area contributed by atoms with Crippen molar-refractivity contribution in [3.05, 3.63) is 69.9 Å². The highest BCUT2D eigenvalue weighted by molar-refractivity contribution is 6.30. The quantitative estimate of drug-likeness (QED) is 0.630. The van der Waals surface area contributed by atoms with E-state index in [-0.39, 0.29) is 16.3 Å². The summed E-state index contributed by atoms with van der Waals surface area (Å²) < 4.78 is 32.5. The van der Waals surface area contributed by atoms with Crippen molar-refractivity contribution < 1.29 is 18.0 Å². The lowest BCUT2D eigenvalue weighted by Crippen LogP contribution is -2.04. The smallest absolute Gasteiger partial charge is 0.231 e. The van der Waals surface area contributed by atoms with Crippen LogP contribution in [-0.4, -0.2) is 5.78 Å². The molecule has 106 valence electrons. The molecule has 3 rings (SSSR count). The summed E-state index contributed by atoms with van der Waals surface area (Å²) in [6, 6.07) is 7.74. The van der Waals surface area contributed by atoms with E-state index in [1.54, 1.807) is 6.92 Å². The number of carbonyl (C=O) groups is 1. The molecular formula is C16H9ClF2O2. The topological polar surface area (TPSA) is 30.2 Å². The number of furan rings is 1. The van der Waals surface area contributed by atoms with E-state index in [1.165, 1.54) is 30.3 Å². The summed E-state index contributed by atoms with van der Waals surface area (Å²) in [5.74, 6) is -1.75. The van der Waals surface area contributed by atoms with Crippen LogP contribution in [0.1, 0.15) is 21.7 Å². The van der Waals surface area contributed by atoms with Crippen molar-refractivity contribution in [2.45, 2.75) is 6.92 Å². The number of carbonyl (C=O) groups excluding carboxylic acids is 1. The number of benzene rings is 2. The zero-order valence-electron chi connectivity index (χ0n) is 10.9. The summed E-state index contributed by atoms with van der Waals surface area (Å²) in [6.07, 6.45) is 0. The van der Waals surface area contributed by atoms with Gasteiger partial charge in [0.15, 0.2) is 5.76 Å². The predicted octanol–water partition coefficient (Wildman–Crippen LogP) is 4.90. The van der Waals surface area contributed by atoms with Crippen molar-refractivity contribution in [2.24, 2.45) is 0 Å². The lowest BCUT2D eigenvalue weighted by Gasteiger charge is -2.01. The van der Waals surface area contributed by atoms with Crippen LogP contribution in [0, 0.1) is 18.6 Å². The van der Waals surface area contributed by atoms with Crippen LogP contribution >= 0.6 is 11.6 Å². The third-order valence-corrected chi connectivity index (χ3v) is 3.52. The van der Waals surface area contributed by atoms with Crippen LogP contribution in [0.3, 0.4) is 0 Å². The highest BCUT2D eigenvalue weighted by Crippen LogP contribution is 2.28. The number of hydrogen-bond acceptors (Lipinski definition) is 2. The standard InChI is InChI=1S/C16H9ClF2O2/c1-8-12-7-10(18)3-5-14(12)21-16(8)15(20)11-4-2-9(17)6-13(11)19/h2-7H,1H3. The van der Waals surface area contributed by atoms with E-state index in [0.717, 1.165) is 6.07 Å². The monoisotopic (exact) mass is 306 g/mol. The van der Waals surface area contributed by atoms with Crippen molar-refractivity contribution >= 4 is 28.4 Å². The molecule has 0 aliphatic carbocycles. The Kier molecular flexibility index (Phi) is 3.26. The van der Waals surface area contributed by atoms with Crippen molar-refractivity contribution in [1.82, 2.24) is 0 Å². The summed E-state index contributed by atoms with van der Waals surface area (Å²) in [5, 5.41) is 0.695. The first-order chi connectivity index (χ1) is 9.97. The minimum absolute atomic E-state index is 0.00294. The first-order valence-electron chi connectivity index (χ1n) is 6.16. The number of rotatable bonds is 2. The van der Waals surface area contributed by atoms with Gasteiger partial charge in [0, 0.05) is 16.0 Å². The number of halogens is 3. The second-order valence-electron chi connectivity index (χ2n) is 4.65. The summed E-state index contributed by atoms with van der Waals surface area (Å²) in [7, 11) is 0. The van der Waals surface area contributed by atoms with Crippen LogP contribution in [0.4, 0.5) is 8.78 Å². The van der Waals surface area contributed by atoms with Crippen LogP contribution in [0.2, 0.25) is 5.02 Å². The maximum Gasteiger partial charge on any atom is 0.231 e. The van der Waals surface area contributed by atoms with Gasteiger partial charge in [-0.25, -0.2) is 8.78 Å². The molecule has 0 saturated heterocycles. The Morgan fingerprint density at radius 3 is 2.62 bits per heavy atom. The highest BCUT2D eigenvalue weighted by Gasteiger charge is 2.22. The Bertz CT molecular complexity index is 868. The number of aryl methyl sites for hydroxylation is 1. The van der Waals surface area contributed by atoms with Gasteiger partial charge in [0.1, 0.15) is 17.2 Å². The predicted molar refractivity (Wildman–Crippen MR) is 75.8 cm³/mol. The summed E-state index contributed by atoms with van der Waals surface area (Å²) >= 11 is 5.66. The van der Waals surface area contributed by atoms with Crippen LogP contribution in [0.5, 0.6) is 0 Å². The van der Waals surface area contributed by atoms with Gasteiger partial charge in [-0.05, 0) is 43.3 Å². The molecule has 0 unspecified atom stereocenters. The summed E-state index contributed by atoms with van der Waals surface area (Å²) in [5.41, 5.74) is 0.720. The second kappa shape index (κ2) is 4.97. The van der Waals surface area contributed by atoms with E-state index in [0.29, 0.717) is 16.5 Å². The van der Waals surface area contributed by atoms with Crippen LogP contribution in [0.25, 0.3) is 11.0 Å². The molecule has 0 aliphatic heterocycles. The summed E-state index contributed by atoms with van der Waals surface area (Å²) in [4.78, 5) is 12.4. The Labute approximate surface area is 123 Å². The Hall–Kier alpha value is -2.20. The van der Waals surface area contributed by atoms with Gasteiger partial charge in [-0.2, -0.15) is 0 Å². The average Bonchev–Trinajstić information content (AvgIpc) is 2.75. The Morgan fingerprint density at radius 2 is 1.90 bits per heavy atom. The Balaban J connectivity index is 2.15. The minimum atomic E-state index is -0.724. The molecule has 0 amide bonds. The summed E-state index contributed by atoms with van der Waals surface area (Å²) in [6.45, 7) is 1.63. The largest absolute Gasteiger partial charge is 0.452 e. The second-order valence-corrected chi connectivity index (χ2v) is 5.09. The van der Waals surface area contributed by atoms with Crippen LogP contribution in [0.15, 0.2) is 40.8 Å². The van der Waals surface area contributed by atoms with Crippen LogP contribution < -0.4 is 0 Å². The van der Waals surface area contributed by atoms with E-state index in [1.807, 2.05) is 0 Å². The molecule has 0 fully saturated rings. The van der Waals surface area contributed by atoms with Gasteiger partial charge in [0.2, 0.25) is 5.78 Å². The highest BCUT2D eigenvalue weighted by atomic mass is 35.5. The molecule has 2 nitrogen and oxygen atoms in total. The number of ketones is 1. The van der Waals surface area contributed by atoms with E-state index < -0.39 is 17.4 Å². The molecule has 0 saturated carbocycles. The zero-order chi connectivity index (χ0) is 15.1. The van der Waals surface area contributed by atoms with Crippen molar-refractivity contribution in [1.29, 1.82) is 0 Å². The number of hydrogen-bond donors (Lipinski definition) is 0. The van der Waals surface area contributed by atoms with Crippen molar-refractivity contribution in [3.8, 4) is 0 Å². The van der Waals surface area contributed by atoms with E-state index in [4.69, 9.17) is 16.0 Å². The van der Waals surface area contributed by atoms with Gasteiger partial charge < -0.3 is 4.42 Å². The first-order valence-corrected chi connectivity index (χ1v) is 6.53. The molecule has 1 aromatic heterocycles. The molecule has 21 heavy (non-hydrogen) atoms. The maximum atomic E-state index is 13.8. The third kappa shape index (κ3) is 2.32. The Morgan fingerprint density at radius 1 is 1.14 bits per heavy atom. The van der Waals surface area contributed by atoms with E-state index in [9.17, 15) is 13.6 Å². The lowest BCUT2D eigenvalue weighted by atomic mass is 10.0. The molecule has 0 N–H and O–H groups in total. The van der Waals surface area contributed by atoms with Crippen molar-refractivity contribution in [3.63, 3.8) is 0 Å². The zero-order valence-corrected chi connectivity index (χ0v) is 11.7. The average molecular weight is 307 g/mol. The van der Waals surface area contributed by atoms with Gasteiger partial charge in [-0.1, -0.05) is 11.6 Å². The molecule has 0 radical (unpaired) electrons. The molecule has 5 heteroatoms. The minimum Gasteiger partial charge on any atom is -0.452 e. The van der Waals surface area contributed by atoms with E-state index >= 15 is 0 Å². The maximum absolute atomic E-state index is 13.8. The first kappa shape index (κ1) is 13.8. The molecular weight excluding hydrogens is 298 g/mol. The fraction of sp³-hybridized carbons (Fsp3) is 0.0625. The van der Waals surface area contributed by atoms with Gasteiger partial charge in [0.25, 0.3) is 0 Å². The third-order valence-electron chi connectivity index (χ3n) is 3.28. The van der Waals surface area contributed by atoms with Crippen LogP contribution in [-0.2, 0) is 0 Å². The van der Waals surface area contributed by atoms with E-state index in [2.05, 4.69) is 0 Å². The lowest BCUT2D eigenvalue weighted by molar-refractivity contribution is 0.101. The molecule has 3 aromatic rings. The fourth-order valence-electron chi connectivity index (χ4n) is 2.21. The molecule has 0 spiro atoms. The SMILES string of the molecule is Cc1c(C(=O)c2ccc(Cl)cc2F)oc2ccc(F)cc12. The van der Waals surface area contributed by atoms with Gasteiger partial charge in [0.05, 0.1) is 5.56 Å². The van der Waals surface area contributed by atoms with Gasteiger partial charge in [-0.15, -0.1) is 0 Å². The van der Waals surface area contributed by atoms with Gasteiger partial charge in [-0.3, -0.25) is 4.79 Å². The normalized spacial score (nSPS) is 11.0.